The van der Waals surface area contributed by atoms with Crippen molar-refractivity contribution in [3.8, 4) is 10.4 Å². The number of benzene rings is 1. The smallest absolute Gasteiger partial charge is 0.336 e. The van der Waals surface area contributed by atoms with Crippen molar-refractivity contribution >= 4 is 23.1 Å². The largest absolute Gasteiger partial charge is 0.466 e. The molecule has 0 amide bonds. The molecule has 1 aliphatic heterocycles. The highest BCUT2D eigenvalue weighted by Crippen LogP contribution is 2.48. The second-order valence-corrected chi connectivity index (χ2v) is 9.60. The van der Waals surface area contributed by atoms with E-state index in [-0.39, 0.29) is 23.1 Å². The van der Waals surface area contributed by atoms with E-state index in [2.05, 4.69) is 37.4 Å². The lowest BCUT2D eigenvalue weighted by molar-refractivity contribution is -0.136. The number of carbonyl (C=O) groups is 2. The number of allylic oxidation sites excluding steroid dienone is 3. The van der Waals surface area contributed by atoms with Crippen LogP contribution < -0.4 is 5.32 Å². The monoisotopic (exact) mass is 407 g/mol. The van der Waals surface area contributed by atoms with Crippen LogP contribution >= 0.6 is 11.3 Å². The van der Waals surface area contributed by atoms with Gasteiger partial charge in [-0.15, -0.1) is 11.3 Å². The molecule has 2 aliphatic rings. The van der Waals surface area contributed by atoms with Crippen LogP contribution in [0.15, 0.2) is 65.0 Å². The molecule has 1 aliphatic carbocycles. The highest BCUT2D eigenvalue weighted by molar-refractivity contribution is 7.15. The number of thiophene rings is 1. The third-order valence-corrected chi connectivity index (χ3v) is 6.81. The fourth-order valence-electron chi connectivity index (χ4n) is 4.37. The summed E-state index contributed by atoms with van der Waals surface area (Å²) in [6, 6.07) is 14.3. The number of nitrogens with one attached hydrogen (secondary N) is 1. The summed E-state index contributed by atoms with van der Waals surface area (Å²) < 4.78 is 5.09. The van der Waals surface area contributed by atoms with E-state index in [0.717, 1.165) is 38.7 Å². The van der Waals surface area contributed by atoms with E-state index in [4.69, 9.17) is 4.74 Å². The fraction of sp³-hybridized carbons (Fsp3) is 0.333. The summed E-state index contributed by atoms with van der Waals surface area (Å²) in [5.74, 6) is -0.666. The molecule has 5 heteroatoms. The number of methoxy groups -OCH3 is 1. The van der Waals surface area contributed by atoms with Crippen molar-refractivity contribution in [3.05, 3.63) is 69.9 Å². The second-order valence-electron chi connectivity index (χ2n) is 8.49. The van der Waals surface area contributed by atoms with Gasteiger partial charge in [0.15, 0.2) is 5.78 Å². The van der Waals surface area contributed by atoms with Crippen molar-refractivity contribution in [2.24, 2.45) is 5.41 Å². The van der Waals surface area contributed by atoms with E-state index in [1.54, 1.807) is 11.3 Å². The number of hydrogen-bond donors (Lipinski definition) is 1. The van der Waals surface area contributed by atoms with Crippen molar-refractivity contribution in [2.75, 3.05) is 7.11 Å². The second kappa shape index (κ2) is 7.30. The quantitative estimate of drug-likeness (QED) is 0.711. The predicted octanol–water partition coefficient (Wildman–Crippen LogP) is 5.19. The average molecular weight is 408 g/mol. The minimum atomic E-state index is -0.390. The molecule has 1 N–H and O–H groups in total. The molecule has 150 valence electrons. The molecule has 0 spiro atoms. The number of rotatable bonds is 3. The Labute approximate surface area is 175 Å². The average Bonchev–Trinajstić information content (AvgIpc) is 3.16. The summed E-state index contributed by atoms with van der Waals surface area (Å²) in [7, 11) is 1.39. The number of esters is 1. The summed E-state index contributed by atoms with van der Waals surface area (Å²) in [6.45, 7) is 6.11. The van der Waals surface area contributed by atoms with E-state index in [1.165, 1.54) is 7.11 Å². The Kier molecular flexibility index (Phi) is 4.95. The molecule has 1 aromatic carbocycles. The molecule has 1 unspecified atom stereocenters. The van der Waals surface area contributed by atoms with Gasteiger partial charge >= 0.3 is 5.97 Å². The summed E-state index contributed by atoms with van der Waals surface area (Å²) >= 11 is 1.63. The van der Waals surface area contributed by atoms with Gasteiger partial charge in [-0.1, -0.05) is 44.2 Å². The Morgan fingerprint density at radius 2 is 1.86 bits per heavy atom. The molecule has 0 bridgehead atoms. The summed E-state index contributed by atoms with van der Waals surface area (Å²) in [4.78, 5) is 28.0. The van der Waals surface area contributed by atoms with Crippen molar-refractivity contribution in [2.45, 2.75) is 39.5 Å². The van der Waals surface area contributed by atoms with Crippen molar-refractivity contribution in [1.82, 2.24) is 5.32 Å². The lowest BCUT2D eigenvalue weighted by Crippen LogP contribution is -2.38. The van der Waals surface area contributed by atoms with Gasteiger partial charge < -0.3 is 10.1 Å². The Hall–Kier alpha value is -2.66. The molecule has 2 heterocycles. The first-order valence-corrected chi connectivity index (χ1v) is 10.6. The minimum absolute atomic E-state index is 0.0961. The topological polar surface area (TPSA) is 55.4 Å². The van der Waals surface area contributed by atoms with Crippen LogP contribution in [-0.4, -0.2) is 18.9 Å². The molecule has 2 aromatic rings. The van der Waals surface area contributed by atoms with Crippen LogP contribution in [0.4, 0.5) is 0 Å². The summed E-state index contributed by atoms with van der Waals surface area (Å²) in [6.07, 6.45) is 1.27. The van der Waals surface area contributed by atoms with Gasteiger partial charge in [-0.3, -0.25) is 4.79 Å². The molecule has 1 aromatic heterocycles. The number of hydrogen-bond acceptors (Lipinski definition) is 5. The standard InChI is InChI=1S/C24H25NO3S/c1-14-20(23(27)28-4)22(21-16(25-14)12-24(2,3)13-17(21)26)19-11-10-18(29-19)15-8-6-5-7-9-15/h5-11,22,25H,12-13H2,1-4H3. The molecule has 1 atom stereocenters. The predicted molar refractivity (Wildman–Crippen MR) is 115 cm³/mol. The van der Waals surface area contributed by atoms with E-state index in [1.807, 2.05) is 31.2 Å². The molecule has 0 saturated carbocycles. The number of ether oxygens (including phenoxy) is 1. The lowest BCUT2D eigenvalue weighted by atomic mass is 9.70. The summed E-state index contributed by atoms with van der Waals surface area (Å²) in [5.41, 5.74) is 3.99. The van der Waals surface area contributed by atoms with Gasteiger partial charge in [0.1, 0.15) is 0 Å². The normalized spacial score (nSPS) is 21.0. The maximum atomic E-state index is 13.2. The van der Waals surface area contributed by atoms with E-state index in [9.17, 15) is 9.59 Å². The van der Waals surface area contributed by atoms with Crippen LogP contribution in [0.3, 0.4) is 0 Å². The SMILES string of the molecule is COC(=O)C1=C(C)NC2=C(C(=O)CC(C)(C)C2)C1c1ccc(-c2ccccc2)s1. The molecule has 0 fully saturated rings. The molecular formula is C24H25NO3S. The molecule has 29 heavy (non-hydrogen) atoms. The maximum Gasteiger partial charge on any atom is 0.336 e. The third kappa shape index (κ3) is 3.55. The first-order valence-electron chi connectivity index (χ1n) is 9.78. The molecule has 0 saturated heterocycles. The Morgan fingerprint density at radius 3 is 2.55 bits per heavy atom. The van der Waals surface area contributed by atoms with Crippen LogP contribution in [0.25, 0.3) is 10.4 Å². The number of dihydropyridines is 1. The highest BCUT2D eigenvalue weighted by atomic mass is 32.1. The van der Waals surface area contributed by atoms with Crippen LogP contribution in [-0.2, 0) is 14.3 Å². The van der Waals surface area contributed by atoms with E-state index in [0.29, 0.717) is 12.0 Å². The molecule has 4 nitrogen and oxygen atoms in total. The zero-order valence-electron chi connectivity index (χ0n) is 17.2. The number of carbonyl (C=O) groups excluding carboxylic acids is 2. The van der Waals surface area contributed by atoms with Crippen molar-refractivity contribution in [1.29, 1.82) is 0 Å². The van der Waals surface area contributed by atoms with E-state index < -0.39 is 0 Å². The van der Waals surface area contributed by atoms with E-state index >= 15 is 0 Å². The van der Waals surface area contributed by atoms with Crippen molar-refractivity contribution in [3.63, 3.8) is 0 Å². The Bertz CT molecular complexity index is 1040. The fourth-order valence-corrected chi connectivity index (χ4v) is 5.50. The van der Waals surface area contributed by atoms with Gasteiger partial charge in [0.25, 0.3) is 0 Å². The molecule has 0 radical (unpaired) electrons. The van der Waals surface area contributed by atoms with Crippen LogP contribution in [0.2, 0.25) is 0 Å². The van der Waals surface area contributed by atoms with Gasteiger partial charge in [0.05, 0.1) is 18.6 Å². The minimum Gasteiger partial charge on any atom is -0.466 e. The zero-order valence-corrected chi connectivity index (χ0v) is 18.0. The third-order valence-electron chi connectivity index (χ3n) is 5.61. The first-order chi connectivity index (χ1) is 13.8. The van der Waals surface area contributed by atoms with Crippen LogP contribution in [0.1, 0.15) is 44.4 Å². The summed E-state index contributed by atoms with van der Waals surface area (Å²) in [5, 5.41) is 3.35. The lowest BCUT2D eigenvalue weighted by Gasteiger charge is -2.39. The Morgan fingerprint density at radius 1 is 1.14 bits per heavy atom. The van der Waals surface area contributed by atoms with Crippen molar-refractivity contribution < 1.29 is 14.3 Å². The number of ketones is 1. The van der Waals surface area contributed by atoms with Crippen LogP contribution in [0, 0.1) is 5.41 Å². The van der Waals surface area contributed by atoms with Gasteiger partial charge in [-0.2, -0.15) is 0 Å². The maximum absolute atomic E-state index is 13.2. The highest BCUT2D eigenvalue weighted by Gasteiger charge is 2.43. The molecule has 4 rings (SSSR count). The van der Waals surface area contributed by atoms with Crippen LogP contribution in [0.5, 0.6) is 0 Å². The van der Waals surface area contributed by atoms with Gasteiger partial charge in [0, 0.05) is 33.1 Å². The van der Waals surface area contributed by atoms with Gasteiger partial charge in [-0.25, -0.2) is 4.79 Å². The molecular weight excluding hydrogens is 382 g/mol. The Balaban J connectivity index is 1.85. The van der Waals surface area contributed by atoms with Gasteiger partial charge in [-0.05, 0) is 36.5 Å². The number of Topliss-reactive ketones (excluding diaryl/α,β-unsaturated/α-hetero) is 1. The van der Waals surface area contributed by atoms with Gasteiger partial charge in [0.2, 0.25) is 0 Å². The zero-order chi connectivity index (χ0) is 20.8. The first kappa shape index (κ1) is 19.6.